The molecule has 74 valence electrons. The van der Waals surface area contributed by atoms with E-state index in [1.54, 1.807) is 24.3 Å². The third-order valence-electron chi connectivity index (χ3n) is 1.44. The van der Waals surface area contributed by atoms with Gasteiger partial charge in [-0.2, -0.15) is 0 Å². The summed E-state index contributed by atoms with van der Waals surface area (Å²) in [4.78, 5) is 10.8. The molecule has 0 heterocycles. The zero-order valence-electron chi connectivity index (χ0n) is 9.00. The van der Waals surface area contributed by atoms with E-state index in [9.17, 15) is 4.79 Å². The number of terminal acetylenes is 1. The molecular formula is C13H16O. The second kappa shape index (κ2) is 6.91. The number of rotatable bonds is 1. The number of Topliss-reactive ketones (excluding diaryl/α,β-unsaturated/α-hetero) is 1. The molecule has 0 aliphatic heterocycles. The fraction of sp³-hybridized carbons (Fsp3) is 0.308. The van der Waals surface area contributed by atoms with Crippen molar-refractivity contribution in [2.24, 2.45) is 0 Å². The Labute approximate surface area is 86.2 Å². The van der Waals surface area contributed by atoms with Crippen LogP contribution in [0.1, 0.15) is 43.1 Å². The summed E-state index contributed by atoms with van der Waals surface area (Å²) in [7, 11) is 0. The summed E-state index contributed by atoms with van der Waals surface area (Å²) >= 11 is 0. The maximum Gasteiger partial charge on any atom is 0.159 e. The maximum atomic E-state index is 10.8. The van der Waals surface area contributed by atoms with Gasteiger partial charge in [0.05, 0.1) is 0 Å². The Morgan fingerprint density at radius 3 is 2.43 bits per heavy atom. The first-order chi connectivity index (χ1) is 6.65. The zero-order valence-corrected chi connectivity index (χ0v) is 9.00. The molecule has 0 saturated carbocycles. The summed E-state index contributed by atoms with van der Waals surface area (Å²) < 4.78 is 0. The lowest BCUT2D eigenvalue weighted by Crippen LogP contribution is -1.91. The van der Waals surface area contributed by atoms with Crippen LogP contribution in [0.5, 0.6) is 0 Å². The number of ketones is 1. The third kappa shape index (κ3) is 4.47. The molecule has 0 radical (unpaired) electrons. The van der Waals surface area contributed by atoms with Gasteiger partial charge in [0.25, 0.3) is 0 Å². The van der Waals surface area contributed by atoms with E-state index >= 15 is 0 Å². The van der Waals surface area contributed by atoms with Crippen molar-refractivity contribution in [1.29, 1.82) is 0 Å². The highest BCUT2D eigenvalue weighted by Crippen LogP contribution is 2.03. The minimum absolute atomic E-state index is 0.0436. The Bertz CT molecular complexity index is 331. The van der Waals surface area contributed by atoms with Crippen LogP contribution in [-0.2, 0) is 0 Å². The summed E-state index contributed by atoms with van der Waals surface area (Å²) in [6, 6.07) is 7.05. The van der Waals surface area contributed by atoms with Gasteiger partial charge >= 0.3 is 0 Å². The van der Waals surface area contributed by atoms with Crippen LogP contribution in [-0.4, -0.2) is 5.78 Å². The van der Waals surface area contributed by atoms with Crippen LogP contribution in [0.2, 0.25) is 0 Å². The molecule has 14 heavy (non-hydrogen) atoms. The summed E-state index contributed by atoms with van der Waals surface area (Å²) in [5, 5.41) is 0. The molecule has 1 aromatic rings. The molecule has 0 aromatic heterocycles. The van der Waals surface area contributed by atoms with Crippen LogP contribution in [0.15, 0.2) is 24.3 Å². The van der Waals surface area contributed by atoms with Gasteiger partial charge in [0, 0.05) is 11.1 Å². The van der Waals surface area contributed by atoms with Crippen LogP contribution in [0, 0.1) is 12.3 Å². The van der Waals surface area contributed by atoms with Crippen molar-refractivity contribution < 1.29 is 4.79 Å². The van der Waals surface area contributed by atoms with E-state index in [0.717, 1.165) is 5.56 Å². The second-order valence-corrected chi connectivity index (χ2v) is 2.99. The summed E-state index contributed by atoms with van der Waals surface area (Å²) in [6.45, 7) is 5.77. The standard InChI is InChI=1S/C10H8O.C3H8/c1-3-9-5-4-6-10(7-9)8(2)11;1-3-2/h1,4-7H,2H3;3H2,1-2H3. The van der Waals surface area contributed by atoms with Gasteiger partial charge in [0.2, 0.25) is 0 Å². The lowest BCUT2D eigenvalue weighted by atomic mass is 10.1. The van der Waals surface area contributed by atoms with Crippen LogP contribution < -0.4 is 0 Å². The van der Waals surface area contributed by atoms with E-state index in [1.807, 2.05) is 0 Å². The molecule has 0 aliphatic carbocycles. The predicted molar refractivity (Wildman–Crippen MR) is 60.3 cm³/mol. The molecule has 0 unspecified atom stereocenters. The summed E-state index contributed by atoms with van der Waals surface area (Å²) in [6.07, 6.45) is 6.41. The maximum absolute atomic E-state index is 10.8. The van der Waals surface area contributed by atoms with Gasteiger partial charge in [-0.1, -0.05) is 38.3 Å². The molecule has 0 aliphatic rings. The lowest BCUT2D eigenvalue weighted by molar-refractivity contribution is 0.101. The fourth-order valence-electron chi connectivity index (χ4n) is 0.828. The zero-order chi connectivity index (χ0) is 11.0. The Morgan fingerprint density at radius 1 is 1.43 bits per heavy atom. The number of hydrogen-bond donors (Lipinski definition) is 0. The Morgan fingerprint density at radius 2 is 2.00 bits per heavy atom. The Balaban J connectivity index is 0.000000500. The molecule has 1 aromatic carbocycles. The molecule has 0 fully saturated rings. The molecule has 1 nitrogen and oxygen atoms in total. The highest BCUT2D eigenvalue weighted by atomic mass is 16.1. The molecule has 0 spiro atoms. The van der Waals surface area contributed by atoms with Gasteiger partial charge in [-0.15, -0.1) is 6.42 Å². The van der Waals surface area contributed by atoms with Crippen molar-refractivity contribution in [3.8, 4) is 12.3 Å². The van der Waals surface area contributed by atoms with Crippen LogP contribution in [0.4, 0.5) is 0 Å². The minimum Gasteiger partial charge on any atom is -0.295 e. The molecule has 0 N–H and O–H groups in total. The van der Waals surface area contributed by atoms with Crippen LogP contribution >= 0.6 is 0 Å². The highest BCUT2D eigenvalue weighted by molar-refractivity contribution is 5.94. The topological polar surface area (TPSA) is 17.1 Å². The van der Waals surface area contributed by atoms with Gasteiger partial charge in [0.1, 0.15) is 0 Å². The van der Waals surface area contributed by atoms with Gasteiger partial charge in [-0.25, -0.2) is 0 Å². The van der Waals surface area contributed by atoms with E-state index < -0.39 is 0 Å². The van der Waals surface area contributed by atoms with E-state index in [2.05, 4.69) is 19.8 Å². The molecule has 1 heteroatoms. The van der Waals surface area contributed by atoms with E-state index in [1.165, 1.54) is 13.3 Å². The van der Waals surface area contributed by atoms with E-state index in [-0.39, 0.29) is 5.78 Å². The molecule has 0 bridgehead atoms. The molecule has 0 amide bonds. The first kappa shape index (κ1) is 12.4. The molecule has 0 saturated heterocycles. The predicted octanol–water partition coefficient (Wildman–Crippen LogP) is 3.29. The summed E-state index contributed by atoms with van der Waals surface area (Å²) in [5.41, 5.74) is 1.41. The van der Waals surface area contributed by atoms with Crippen molar-refractivity contribution in [2.45, 2.75) is 27.2 Å². The first-order valence-corrected chi connectivity index (χ1v) is 4.73. The van der Waals surface area contributed by atoms with E-state index in [0.29, 0.717) is 5.56 Å². The third-order valence-corrected chi connectivity index (χ3v) is 1.44. The lowest BCUT2D eigenvalue weighted by Gasteiger charge is -1.94. The number of carbonyl (C=O) groups excluding carboxylic acids is 1. The number of carbonyl (C=O) groups is 1. The van der Waals surface area contributed by atoms with Crippen molar-refractivity contribution in [2.75, 3.05) is 0 Å². The quantitative estimate of drug-likeness (QED) is 0.488. The number of hydrogen-bond acceptors (Lipinski definition) is 1. The molecular weight excluding hydrogens is 172 g/mol. The van der Waals surface area contributed by atoms with Crippen molar-refractivity contribution in [3.63, 3.8) is 0 Å². The largest absolute Gasteiger partial charge is 0.295 e. The van der Waals surface area contributed by atoms with Crippen molar-refractivity contribution in [1.82, 2.24) is 0 Å². The van der Waals surface area contributed by atoms with Crippen LogP contribution in [0.3, 0.4) is 0 Å². The first-order valence-electron chi connectivity index (χ1n) is 4.73. The van der Waals surface area contributed by atoms with Gasteiger partial charge in [0.15, 0.2) is 5.78 Å². The Hall–Kier alpha value is -1.55. The van der Waals surface area contributed by atoms with Gasteiger partial charge in [-0.05, 0) is 19.1 Å². The fourth-order valence-corrected chi connectivity index (χ4v) is 0.828. The van der Waals surface area contributed by atoms with Crippen LogP contribution in [0.25, 0.3) is 0 Å². The Kier molecular flexibility index (Phi) is 6.15. The SMILES string of the molecule is C#Cc1cccc(C(C)=O)c1.CCC. The van der Waals surface area contributed by atoms with E-state index in [4.69, 9.17) is 6.42 Å². The van der Waals surface area contributed by atoms with Gasteiger partial charge < -0.3 is 0 Å². The average Bonchev–Trinajstić information content (AvgIpc) is 2.19. The molecule has 1 rings (SSSR count). The van der Waals surface area contributed by atoms with Crippen molar-refractivity contribution in [3.05, 3.63) is 35.4 Å². The highest BCUT2D eigenvalue weighted by Gasteiger charge is 1.97. The minimum atomic E-state index is 0.0436. The second-order valence-electron chi connectivity index (χ2n) is 2.99. The molecule has 0 atom stereocenters. The average molecular weight is 188 g/mol. The van der Waals surface area contributed by atoms with Crippen molar-refractivity contribution >= 4 is 5.78 Å². The van der Waals surface area contributed by atoms with Gasteiger partial charge in [-0.3, -0.25) is 4.79 Å². The summed E-state index contributed by atoms with van der Waals surface area (Å²) in [5.74, 6) is 2.51. The monoisotopic (exact) mass is 188 g/mol. The number of benzene rings is 1. The normalized spacial score (nSPS) is 8.14. The smallest absolute Gasteiger partial charge is 0.159 e.